The molecule has 0 saturated heterocycles. The number of amides is 1. The maximum absolute atomic E-state index is 12.9. The summed E-state index contributed by atoms with van der Waals surface area (Å²) in [5.41, 5.74) is 1.82. The van der Waals surface area contributed by atoms with E-state index in [-0.39, 0.29) is 5.91 Å². The highest BCUT2D eigenvalue weighted by Gasteiger charge is 2.27. The summed E-state index contributed by atoms with van der Waals surface area (Å²) in [6, 6.07) is 17.5. The van der Waals surface area contributed by atoms with E-state index in [1.165, 1.54) is 11.8 Å². The predicted octanol–water partition coefficient (Wildman–Crippen LogP) is 3.90. The van der Waals surface area contributed by atoms with Gasteiger partial charge in [0.05, 0.1) is 12.7 Å². The quantitative estimate of drug-likeness (QED) is 0.567. The number of benzene rings is 2. The fourth-order valence-electron chi connectivity index (χ4n) is 2.92. The normalized spacial score (nSPS) is 11.9. The Hall–Kier alpha value is -2.80. The molecular weight excluding hydrogens is 372 g/mol. The molecule has 0 aliphatic rings. The van der Waals surface area contributed by atoms with Crippen LogP contribution in [-0.2, 0) is 11.3 Å². The molecule has 6 nitrogen and oxygen atoms in total. The van der Waals surface area contributed by atoms with Crippen molar-refractivity contribution in [1.29, 1.82) is 0 Å². The van der Waals surface area contributed by atoms with E-state index in [1.54, 1.807) is 26.1 Å². The first kappa shape index (κ1) is 19.9. The average Bonchev–Trinajstić information content (AvgIpc) is 3.14. The van der Waals surface area contributed by atoms with Crippen LogP contribution in [0.25, 0.3) is 11.4 Å². The van der Waals surface area contributed by atoms with E-state index >= 15 is 0 Å². The third kappa shape index (κ3) is 4.04. The van der Waals surface area contributed by atoms with E-state index in [1.807, 2.05) is 66.1 Å². The number of thioether (sulfide) groups is 1. The molecule has 0 aliphatic carbocycles. The Morgan fingerprint density at radius 2 is 1.79 bits per heavy atom. The molecule has 1 unspecified atom stereocenters. The SMILES string of the molecule is CCn1c(SC(C(=O)N(C)C)c2ccccc2)nnc1-c1ccccc1OC. The number of rotatable bonds is 7. The van der Waals surface area contributed by atoms with Gasteiger partial charge in [-0.3, -0.25) is 4.79 Å². The van der Waals surface area contributed by atoms with Crippen LogP contribution in [-0.4, -0.2) is 46.8 Å². The first-order chi connectivity index (χ1) is 13.6. The van der Waals surface area contributed by atoms with E-state index < -0.39 is 5.25 Å². The number of ether oxygens (including phenoxy) is 1. The van der Waals surface area contributed by atoms with Crippen LogP contribution in [0, 0.1) is 0 Å². The van der Waals surface area contributed by atoms with Crippen molar-refractivity contribution in [2.45, 2.75) is 23.9 Å². The number of nitrogens with zero attached hydrogens (tertiary/aromatic N) is 4. The fraction of sp³-hybridized carbons (Fsp3) is 0.286. The number of carbonyl (C=O) groups excluding carboxylic acids is 1. The van der Waals surface area contributed by atoms with Crippen LogP contribution in [0.3, 0.4) is 0 Å². The number of likely N-dealkylation sites (N-methyl/N-ethyl adjacent to an activating group) is 1. The Morgan fingerprint density at radius 1 is 1.11 bits per heavy atom. The lowest BCUT2D eigenvalue weighted by atomic mass is 10.1. The minimum atomic E-state index is -0.392. The highest BCUT2D eigenvalue weighted by atomic mass is 32.2. The molecule has 1 amide bonds. The summed E-state index contributed by atoms with van der Waals surface area (Å²) in [5.74, 6) is 1.48. The zero-order valence-corrected chi connectivity index (χ0v) is 17.3. The average molecular weight is 397 g/mol. The summed E-state index contributed by atoms with van der Waals surface area (Å²) >= 11 is 1.42. The van der Waals surface area contributed by atoms with Crippen molar-refractivity contribution in [2.75, 3.05) is 21.2 Å². The van der Waals surface area contributed by atoms with E-state index in [9.17, 15) is 4.79 Å². The first-order valence-corrected chi connectivity index (χ1v) is 9.94. The molecule has 1 atom stereocenters. The molecule has 0 N–H and O–H groups in total. The maximum Gasteiger partial charge on any atom is 0.240 e. The van der Waals surface area contributed by atoms with Crippen LogP contribution < -0.4 is 4.74 Å². The Balaban J connectivity index is 2.01. The summed E-state index contributed by atoms with van der Waals surface area (Å²) < 4.78 is 7.50. The summed E-state index contributed by atoms with van der Waals surface area (Å²) in [4.78, 5) is 14.5. The first-order valence-electron chi connectivity index (χ1n) is 9.06. The van der Waals surface area contributed by atoms with Gasteiger partial charge in [-0.1, -0.05) is 54.2 Å². The molecule has 3 aromatic rings. The number of hydrogen-bond acceptors (Lipinski definition) is 5. The third-order valence-electron chi connectivity index (χ3n) is 4.37. The topological polar surface area (TPSA) is 60.2 Å². The van der Waals surface area contributed by atoms with Crippen LogP contribution in [0.15, 0.2) is 59.8 Å². The molecule has 0 bridgehead atoms. The molecule has 3 rings (SSSR count). The number of methoxy groups -OCH3 is 1. The second-order valence-corrected chi connectivity index (χ2v) is 7.46. The molecule has 0 aliphatic heterocycles. The van der Waals surface area contributed by atoms with Crippen LogP contribution >= 0.6 is 11.8 Å². The Labute approximate surface area is 169 Å². The Morgan fingerprint density at radius 3 is 2.43 bits per heavy atom. The zero-order valence-electron chi connectivity index (χ0n) is 16.5. The molecule has 0 fully saturated rings. The van der Waals surface area contributed by atoms with Crippen molar-refractivity contribution in [2.24, 2.45) is 0 Å². The summed E-state index contributed by atoms with van der Waals surface area (Å²) in [7, 11) is 5.18. The number of para-hydroxylation sites is 1. The van der Waals surface area contributed by atoms with Gasteiger partial charge in [-0.15, -0.1) is 10.2 Å². The van der Waals surface area contributed by atoms with Crippen molar-refractivity contribution in [3.8, 4) is 17.1 Å². The lowest BCUT2D eigenvalue weighted by molar-refractivity contribution is -0.128. The Kier molecular flexibility index (Phi) is 6.36. The largest absolute Gasteiger partial charge is 0.496 e. The standard InChI is InChI=1S/C21H24N4O2S/c1-5-25-19(16-13-9-10-14-17(16)27-4)22-23-21(25)28-18(20(26)24(2)3)15-11-7-6-8-12-15/h6-14,18H,5H2,1-4H3. The molecule has 0 saturated carbocycles. The van der Waals surface area contributed by atoms with E-state index in [2.05, 4.69) is 10.2 Å². The van der Waals surface area contributed by atoms with Gasteiger partial charge in [0.15, 0.2) is 11.0 Å². The number of aromatic nitrogens is 3. The fourth-order valence-corrected chi connectivity index (χ4v) is 4.16. The minimum absolute atomic E-state index is 0.0145. The van der Waals surface area contributed by atoms with Crippen molar-refractivity contribution < 1.29 is 9.53 Å². The smallest absolute Gasteiger partial charge is 0.240 e. The predicted molar refractivity (Wildman–Crippen MR) is 111 cm³/mol. The van der Waals surface area contributed by atoms with E-state index in [0.29, 0.717) is 11.7 Å². The minimum Gasteiger partial charge on any atom is -0.496 e. The lowest BCUT2D eigenvalue weighted by Gasteiger charge is -2.20. The molecule has 28 heavy (non-hydrogen) atoms. The van der Waals surface area contributed by atoms with Crippen molar-refractivity contribution in [3.05, 3.63) is 60.2 Å². The van der Waals surface area contributed by atoms with Crippen LogP contribution in [0.2, 0.25) is 0 Å². The van der Waals surface area contributed by atoms with Gasteiger partial charge in [-0.05, 0) is 24.6 Å². The molecule has 1 heterocycles. The molecular formula is C21H24N4O2S. The lowest BCUT2D eigenvalue weighted by Crippen LogP contribution is -2.27. The van der Waals surface area contributed by atoms with Gasteiger partial charge in [0.2, 0.25) is 5.91 Å². The number of carbonyl (C=O) groups is 1. The molecule has 0 spiro atoms. The van der Waals surface area contributed by atoms with Gasteiger partial charge in [-0.2, -0.15) is 0 Å². The van der Waals surface area contributed by atoms with E-state index in [0.717, 1.165) is 22.7 Å². The highest BCUT2D eigenvalue weighted by Crippen LogP contribution is 2.38. The van der Waals surface area contributed by atoms with Crippen LogP contribution in [0.4, 0.5) is 0 Å². The summed E-state index contributed by atoms with van der Waals surface area (Å²) in [6.07, 6.45) is 0. The van der Waals surface area contributed by atoms with Crippen molar-refractivity contribution in [1.82, 2.24) is 19.7 Å². The molecule has 0 radical (unpaired) electrons. The monoisotopic (exact) mass is 396 g/mol. The van der Waals surface area contributed by atoms with Gasteiger partial charge in [0.25, 0.3) is 0 Å². The second kappa shape index (κ2) is 8.93. The van der Waals surface area contributed by atoms with Gasteiger partial charge < -0.3 is 14.2 Å². The highest BCUT2D eigenvalue weighted by molar-refractivity contribution is 8.00. The van der Waals surface area contributed by atoms with Gasteiger partial charge >= 0.3 is 0 Å². The third-order valence-corrected chi connectivity index (χ3v) is 5.59. The van der Waals surface area contributed by atoms with E-state index in [4.69, 9.17) is 4.74 Å². The van der Waals surface area contributed by atoms with Crippen molar-refractivity contribution >= 4 is 17.7 Å². The van der Waals surface area contributed by atoms with Gasteiger partial charge in [0, 0.05) is 20.6 Å². The van der Waals surface area contributed by atoms with Gasteiger partial charge in [0.1, 0.15) is 11.0 Å². The second-order valence-electron chi connectivity index (χ2n) is 6.39. The van der Waals surface area contributed by atoms with Crippen LogP contribution in [0.5, 0.6) is 5.75 Å². The molecule has 146 valence electrons. The molecule has 1 aromatic heterocycles. The molecule has 7 heteroatoms. The summed E-state index contributed by atoms with van der Waals surface area (Å²) in [5, 5.41) is 9.11. The summed E-state index contributed by atoms with van der Waals surface area (Å²) in [6.45, 7) is 2.72. The maximum atomic E-state index is 12.9. The van der Waals surface area contributed by atoms with Gasteiger partial charge in [-0.25, -0.2) is 0 Å². The Bertz CT molecular complexity index is 941. The zero-order chi connectivity index (χ0) is 20.1. The van der Waals surface area contributed by atoms with Crippen molar-refractivity contribution in [3.63, 3.8) is 0 Å². The van der Waals surface area contributed by atoms with Crippen LogP contribution in [0.1, 0.15) is 17.7 Å². The molecule has 2 aromatic carbocycles. The number of hydrogen-bond donors (Lipinski definition) is 0.